The second kappa shape index (κ2) is 8.50. The fourth-order valence-electron chi connectivity index (χ4n) is 2.93. The quantitative estimate of drug-likeness (QED) is 0.677. The molecule has 0 aliphatic heterocycles. The summed E-state index contributed by atoms with van der Waals surface area (Å²) >= 11 is 0. The first-order chi connectivity index (χ1) is 14.1. The average Bonchev–Trinajstić information content (AvgIpc) is 3.55. The average molecular weight is 436 g/mol. The van der Waals surface area contributed by atoms with Gasteiger partial charge in [0, 0.05) is 18.2 Å². The molecule has 0 bridgehead atoms. The van der Waals surface area contributed by atoms with Crippen molar-refractivity contribution in [3.05, 3.63) is 65.2 Å². The fraction of sp³-hybridized carbons (Fsp3) is 0.286. The summed E-state index contributed by atoms with van der Waals surface area (Å²) in [5, 5.41) is 0. The zero-order chi connectivity index (χ0) is 21.9. The number of rotatable bonds is 7. The Bertz CT molecular complexity index is 1070. The lowest BCUT2D eigenvalue weighted by Gasteiger charge is -2.23. The number of halogens is 3. The van der Waals surface area contributed by atoms with E-state index in [1.54, 1.807) is 4.90 Å². The van der Waals surface area contributed by atoms with Gasteiger partial charge in [0.2, 0.25) is 10.0 Å². The summed E-state index contributed by atoms with van der Waals surface area (Å²) in [4.78, 5) is 14.5. The number of amides is 1. The minimum Gasteiger partial charge on any atom is -0.331 e. The van der Waals surface area contributed by atoms with Crippen LogP contribution >= 0.6 is 0 Å². The van der Waals surface area contributed by atoms with E-state index in [2.05, 4.69) is 10.6 Å². The van der Waals surface area contributed by atoms with E-state index in [4.69, 9.17) is 6.42 Å². The van der Waals surface area contributed by atoms with Gasteiger partial charge in [-0.15, -0.1) is 6.42 Å². The molecule has 30 heavy (non-hydrogen) atoms. The van der Waals surface area contributed by atoms with Gasteiger partial charge in [0.15, 0.2) is 0 Å². The van der Waals surface area contributed by atoms with E-state index < -0.39 is 21.8 Å². The van der Waals surface area contributed by atoms with Gasteiger partial charge in [0.05, 0.1) is 17.0 Å². The number of carbonyl (C=O) groups is 1. The first-order valence-electron chi connectivity index (χ1n) is 9.12. The first kappa shape index (κ1) is 21.9. The van der Waals surface area contributed by atoms with Crippen LogP contribution in [0.1, 0.15) is 34.3 Å². The van der Waals surface area contributed by atoms with Crippen LogP contribution in [-0.4, -0.2) is 31.8 Å². The minimum absolute atomic E-state index is 0.0281. The van der Waals surface area contributed by atoms with Gasteiger partial charge < -0.3 is 4.90 Å². The van der Waals surface area contributed by atoms with Gasteiger partial charge in [0.25, 0.3) is 5.91 Å². The molecule has 0 atom stereocenters. The summed E-state index contributed by atoms with van der Waals surface area (Å²) in [6.07, 6.45) is 2.22. The van der Waals surface area contributed by atoms with Crippen molar-refractivity contribution >= 4 is 15.9 Å². The lowest BCUT2D eigenvalue weighted by Crippen LogP contribution is -2.33. The van der Waals surface area contributed by atoms with Crippen LogP contribution in [0.2, 0.25) is 0 Å². The first-order valence-corrected chi connectivity index (χ1v) is 10.6. The lowest BCUT2D eigenvalue weighted by molar-refractivity contribution is -0.137. The third-order valence-corrected chi connectivity index (χ3v) is 6.04. The maximum absolute atomic E-state index is 13.0. The molecule has 0 saturated heterocycles. The normalized spacial score (nSPS) is 14.2. The zero-order valence-electron chi connectivity index (χ0n) is 15.8. The number of sulfonamides is 1. The second-order valence-electron chi connectivity index (χ2n) is 6.92. The zero-order valence-corrected chi connectivity index (χ0v) is 16.6. The molecule has 9 heteroatoms. The van der Waals surface area contributed by atoms with E-state index in [0.717, 1.165) is 25.0 Å². The SMILES string of the molecule is C#CCNS(=O)(=O)c1cccc(C(=O)N(Cc2ccc(C(F)(F)F)cc2)C2CC2)c1. The molecule has 1 aliphatic rings. The number of nitrogens with one attached hydrogen (secondary N) is 1. The van der Waals surface area contributed by atoms with Crippen LogP contribution in [0, 0.1) is 12.3 Å². The molecule has 0 aromatic heterocycles. The maximum Gasteiger partial charge on any atom is 0.416 e. The highest BCUT2D eigenvalue weighted by Gasteiger charge is 2.34. The summed E-state index contributed by atoms with van der Waals surface area (Å²) in [5.41, 5.74) is -0.0203. The largest absolute Gasteiger partial charge is 0.416 e. The minimum atomic E-state index is -4.43. The highest BCUT2D eigenvalue weighted by molar-refractivity contribution is 7.89. The van der Waals surface area contributed by atoms with Gasteiger partial charge in [-0.05, 0) is 48.7 Å². The number of benzene rings is 2. The molecule has 1 saturated carbocycles. The van der Waals surface area contributed by atoms with Crippen LogP contribution < -0.4 is 4.72 Å². The van der Waals surface area contributed by atoms with E-state index in [1.807, 2.05) is 0 Å². The van der Waals surface area contributed by atoms with Crippen molar-refractivity contribution in [2.45, 2.75) is 36.5 Å². The molecule has 0 heterocycles. The molecule has 158 valence electrons. The Hall–Kier alpha value is -2.83. The van der Waals surface area contributed by atoms with Crippen molar-refractivity contribution in [2.24, 2.45) is 0 Å². The third kappa shape index (κ3) is 5.20. The van der Waals surface area contributed by atoms with E-state index >= 15 is 0 Å². The van der Waals surface area contributed by atoms with Gasteiger partial charge in [0.1, 0.15) is 0 Å². The number of nitrogens with zero attached hydrogens (tertiary/aromatic N) is 1. The summed E-state index contributed by atoms with van der Waals surface area (Å²) < 4.78 is 65.0. The van der Waals surface area contributed by atoms with Crippen molar-refractivity contribution in [3.63, 3.8) is 0 Å². The van der Waals surface area contributed by atoms with E-state index in [1.165, 1.54) is 36.4 Å². The predicted octanol–water partition coefficient (Wildman–Crippen LogP) is 3.42. The Morgan fingerprint density at radius 3 is 2.40 bits per heavy atom. The monoisotopic (exact) mass is 436 g/mol. The molecule has 0 radical (unpaired) electrons. The molecule has 1 fully saturated rings. The van der Waals surface area contributed by atoms with Crippen LogP contribution in [0.3, 0.4) is 0 Å². The number of alkyl halides is 3. The van der Waals surface area contributed by atoms with Gasteiger partial charge in [-0.1, -0.05) is 24.1 Å². The standard InChI is InChI=1S/C21H19F3N2O3S/c1-2-12-25-30(28,29)19-5-3-4-16(13-19)20(27)26(18-10-11-18)14-15-6-8-17(9-7-15)21(22,23)24/h1,3-9,13,18,25H,10-12,14H2. The molecule has 5 nitrogen and oxygen atoms in total. The van der Waals surface area contributed by atoms with Crippen LogP contribution in [0.4, 0.5) is 13.2 Å². The van der Waals surface area contributed by atoms with Gasteiger partial charge >= 0.3 is 6.18 Å². The topological polar surface area (TPSA) is 66.5 Å². The molecule has 2 aromatic rings. The molecule has 3 rings (SSSR count). The number of carbonyl (C=O) groups excluding carboxylic acids is 1. The Morgan fingerprint density at radius 2 is 1.83 bits per heavy atom. The van der Waals surface area contributed by atoms with Crippen molar-refractivity contribution in [1.82, 2.24) is 9.62 Å². The lowest BCUT2D eigenvalue weighted by atomic mass is 10.1. The number of hydrogen-bond acceptors (Lipinski definition) is 3. The second-order valence-corrected chi connectivity index (χ2v) is 8.68. The molecule has 1 amide bonds. The van der Waals surface area contributed by atoms with Crippen molar-refractivity contribution in [1.29, 1.82) is 0 Å². The molecule has 2 aromatic carbocycles. The van der Waals surface area contributed by atoms with E-state index in [0.29, 0.717) is 5.56 Å². The van der Waals surface area contributed by atoms with Crippen molar-refractivity contribution < 1.29 is 26.4 Å². The van der Waals surface area contributed by atoms with Crippen LogP contribution in [0.25, 0.3) is 0 Å². The summed E-state index contributed by atoms with van der Waals surface area (Å²) in [5.74, 6) is 1.79. The Balaban J connectivity index is 1.81. The summed E-state index contributed by atoms with van der Waals surface area (Å²) in [7, 11) is -3.86. The van der Waals surface area contributed by atoms with Crippen LogP contribution in [0.5, 0.6) is 0 Å². The van der Waals surface area contributed by atoms with Crippen LogP contribution in [0.15, 0.2) is 53.4 Å². The highest BCUT2D eigenvalue weighted by atomic mass is 32.2. The van der Waals surface area contributed by atoms with Gasteiger partial charge in [-0.2, -0.15) is 17.9 Å². The summed E-state index contributed by atoms with van der Waals surface area (Å²) in [6.45, 7) is -0.0451. The molecular formula is C21H19F3N2O3S. The predicted molar refractivity (Wildman–Crippen MR) is 105 cm³/mol. The van der Waals surface area contributed by atoms with E-state index in [-0.39, 0.29) is 35.5 Å². The molecule has 1 aliphatic carbocycles. The highest BCUT2D eigenvalue weighted by Crippen LogP contribution is 2.32. The molecular weight excluding hydrogens is 417 g/mol. The van der Waals surface area contributed by atoms with Gasteiger partial charge in [-0.25, -0.2) is 8.42 Å². The summed E-state index contributed by atoms with van der Waals surface area (Å²) in [6, 6.07) is 10.2. The van der Waals surface area contributed by atoms with Gasteiger partial charge in [-0.3, -0.25) is 4.79 Å². The maximum atomic E-state index is 13.0. The molecule has 1 N–H and O–H groups in total. The molecule has 0 spiro atoms. The smallest absolute Gasteiger partial charge is 0.331 e. The fourth-order valence-corrected chi connectivity index (χ4v) is 3.91. The third-order valence-electron chi connectivity index (χ3n) is 4.64. The number of terminal acetylenes is 1. The Morgan fingerprint density at radius 1 is 1.17 bits per heavy atom. The Labute approximate surface area is 172 Å². The Kier molecular flexibility index (Phi) is 6.19. The van der Waals surface area contributed by atoms with E-state index in [9.17, 15) is 26.4 Å². The van der Waals surface area contributed by atoms with Crippen molar-refractivity contribution in [2.75, 3.05) is 6.54 Å². The molecule has 0 unspecified atom stereocenters. The number of hydrogen-bond donors (Lipinski definition) is 1. The van der Waals surface area contributed by atoms with Crippen molar-refractivity contribution in [3.8, 4) is 12.3 Å². The van der Waals surface area contributed by atoms with Crippen LogP contribution in [-0.2, 0) is 22.7 Å².